The molecule has 1 fully saturated rings. The summed E-state index contributed by atoms with van der Waals surface area (Å²) in [7, 11) is 0. The number of para-hydroxylation sites is 1. The van der Waals surface area contributed by atoms with E-state index in [1.54, 1.807) is 18.5 Å². The van der Waals surface area contributed by atoms with Crippen molar-refractivity contribution >= 4 is 22.6 Å². The summed E-state index contributed by atoms with van der Waals surface area (Å²) in [5, 5.41) is 10.0. The molecule has 1 N–H and O–H groups in total. The average molecular weight is 484 g/mol. The Morgan fingerprint density at radius 1 is 1.08 bits per heavy atom. The van der Waals surface area contributed by atoms with Gasteiger partial charge in [-0.15, -0.1) is 0 Å². The first-order chi connectivity index (χ1) is 17.6. The Morgan fingerprint density at radius 2 is 2.00 bits per heavy atom. The van der Waals surface area contributed by atoms with Crippen LogP contribution in [0, 0.1) is 0 Å². The van der Waals surface area contributed by atoms with Gasteiger partial charge in [0.25, 0.3) is 0 Å². The number of benzene rings is 1. The second-order valence-corrected chi connectivity index (χ2v) is 8.74. The van der Waals surface area contributed by atoms with Crippen LogP contribution in [0.1, 0.15) is 6.42 Å². The summed E-state index contributed by atoms with van der Waals surface area (Å²) >= 11 is 0. The first-order valence-electron chi connectivity index (χ1n) is 11.6. The van der Waals surface area contributed by atoms with E-state index in [0.29, 0.717) is 17.0 Å². The number of fused-ring (bicyclic) bond motifs is 2. The van der Waals surface area contributed by atoms with Crippen LogP contribution >= 0.6 is 0 Å². The second-order valence-electron chi connectivity index (χ2n) is 8.74. The molecule has 2 atom stereocenters. The summed E-state index contributed by atoms with van der Waals surface area (Å²) in [6.07, 6.45) is 4.29. The largest absolute Gasteiger partial charge is 0.485 e. The third-order valence-corrected chi connectivity index (χ3v) is 6.48. The van der Waals surface area contributed by atoms with Crippen molar-refractivity contribution in [3.8, 4) is 28.3 Å². The van der Waals surface area contributed by atoms with Gasteiger partial charge in [0.1, 0.15) is 23.0 Å². The van der Waals surface area contributed by atoms with Crippen molar-refractivity contribution in [2.75, 3.05) is 13.1 Å². The number of pyridine rings is 3. The first-order valence-corrected chi connectivity index (χ1v) is 11.6. The van der Waals surface area contributed by atoms with Crippen LogP contribution in [0.25, 0.3) is 39.1 Å². The minimum absolute atomic E-state index is 0.202. The number of likely N-dealkylation sites (tertiary alicyclic amines) is 1. The van der Waals surface area contributed by atoms with Gasteiger partial charge in [0.05, 0.1) is 24.1 Å². The molecule has 180 valence electrons. The molecule has 0 unspecified atom stereocenters. The van der Waals surface area contributed by atoms with Crippen molar-refractivity contribution in [2.45, 2.75) is 18.7 Å². The van der Waals surface area contributed by atoms with Gasteiger partial charge < -0.3 is 14.7 Å². The molecule has 8 nitrogen and oxygen atoms in total. The maximum Gasteiger partial charge on any atom is 0.407 e. The van der Waals surface area contributed by atoms with Crippen molar-refractivity contribution in [3.05, 3.63) is 79.4 Å². The fourth-order valence-corrected chi connectivity index (χ4v) is 4.59. The summed E-state index contributed by atoms with van der Waals surface area (Å²) in [6.45, 7) is 0.0268. The van der Waals surface area contributed by atoms with E-state index in [2.05, 4.69) is 9.97 Å². The Bertz CT molecular complexity index is 1570. The number of nitrogens with zero attached hydrogens (tertiary/aromatic N) is 5. The standard InChI is InChI=1S/C27H22FN5O3/c28-20-16-32(27(34)35)11-9-23(20)36-24-5-1-3-17-6-7-21(31-26(17)24)22-15-30-25-13-18(8-12-33(22)25)19-4-2-10-29-14-19/h1-8,10,12-15,20,23H,9,11,16H2,(H,34,35)/t20-,23-/m0/s1. The molecule has 0 spiro atoms. The van der Waals surface area contributed by atoms with Crippen LogP contribution in [0.15, 0.2) is 79.4 Å². The molecule has 5 aromatic rings. The van der Waals surface area contributed by atoms with Crippen molar-refractivity contribution in [2.24, 2.45) is 0 Å². The Labute approximate surface area is 205 Å². The van der Waals surface area contributed by atoms with Crippen LogP contribution in [0.4, 0.5) is 9.18 Å². The monoisotopic (exact) mass is 483 g/mol. The Hall–Kier alpha value is -4.53. The summed E-state index contributed by atoms with van der Waals surface area (Å²) in [4.78, 5) is 25.9. The zero-order valence-corrected chi connectivity index (χ0v) is 19.2. The number of aromatic nitrogens is 4. The van der Waals surface area contributed by atoms with E-state index in [9.17, 15) is 9.18 Å². The molecular formula is C27H22FN5O3. The normalized spacial score (nSPS) is 18.0. The highest BCUT2D eigenvalue weighted by Crippen LogP contribution is 2.31. The van der Waals surface area contributed by atoms with Crippen LogP contribution in [-0.4, -0.2) is 60.8 Å². The summed E-state index contributed by atoms with van der Waals surface area (Å²) < 4.78 is 22.7. The van der Waals surface area contributed by atoms with Gasteiger partial charge in [-0.1, -0.05) is 24.3 Å². The molecule has 6 rings (SSSR count). The van der Waals surface area contributed by atoms with E-state index in [4.69, 9.17) is 14.8 Å². The predicted octanol–water partition coefficient (Wildman–Crippen LogP) is 5.08. The Morgan fingerprint density at radius 3 is 2.81 bits per heavy atom. The lowest BCUT2D eigenvalue weighted by Gasteiger charge is -2.33. The molecule has 4 aromatic heterocycles. The molecule has 1 aliphatic heterocycles. The van der Waals surface area contributed by atoms with E-state index in [0.717, 1.165) is 32.8 Å². The van der Waals surface area contributed by atoms with Gasteiger partial charge in [0.15, 0.2) is 6.17 Å². The molecule has 36 heavy (non-hydrogen) atoms. The lowest BCUT2D eigenvalue weighted by atomic mass is 10.1. The van der Waals surface area contributed by atoms with Crippen LogP contribution in [-0.2, 0) is 0 Å². The minimum atomic E-state index is -1.42. The fourth-order valence-electron chi connectivity index (χ4n) is 4.59. The molecule has 0 bridgehead atoms. The quantitative estimate of drug-likeness (QED) is 0.383. The van der Waals surface area contributed by atoms with Gasteiger partial charge in [-0.2, -0.15) is 0 Å². The average Bonchev–Trinajstić information content (AvgIpc) is 3.33. The Kier molecular flexibility index (Phi) is 5.44. The molecule has 0 saturated carbocycles. The summed E-state index contributed by atoms with van der Waals surface area (Å²) in [5.74, 6) is 0.471. The maximum absolute atomic E-state index is 14.7. The molecule has 9 heteroatoms. The van der Waals surface area contributed by atoms with Crippen LogP contribution in [0.3, 0.4) is 0 Å². The van der Waals surface area contributed by atoms with Gasteiger partial charge in [-0.05, 0) is 35.9 Å². The molecule has 1 aromatic carbocycles. The maximum atomic E-state index is 14.7. The number of hydrogen-bond acceptors (Lipinski definition) is 5. The molecule has 5 heterocycles. The highest BCUT2D eigenvalue weighted by molar-refractivity contribution is 5.86. The summed E-state index contributed by atoms with van der Waals surface area (Å²) in [5.41, 5.74) is 4.95. The lowest BCUT2D eigenvalue weighted by Crippen LogP contribution is -2.48. The predicted molar refractivity (Wildman–Crippen MR) is 133 cm³/mol. The zero-order chi connectivity index (χ0) is 24.6. The third-order valence-electron chi connectivity index (χ3n) is 6.48. The van der Waals surface area contributed by atoms with Crippen LogP contribution in [0.2, 0.25) is 0 Å². The van der Waals surface area contributed by atoms with Crippen molar-refractivity contribution < 1.29 is 19.0 Å². The van der Waals surface area contributed by atoms with Gasteiger partial charge in [-0.3, -0.25) is 9.38 Å². The second kappa shape index (κ2) is 8.92. The molecule has 1 amide bonds. The number of piperidine rings is 1. The van der Waals surface area contributed by atoms with Crippen LogP contribution in [0.5, 0.6) is 5.75 Å². The topological polar surface area (TPSA) is 92.8 Å². The highest BCUT2D eigenvalue weighted by Gasteiger charge is 2.33. The van der Waals surface area contributed by atoms with Crippen LogP contribution < -0.4 is 4.74 Å². The Balaban J connectivity index is 1.33. The third kappa shape index (κ3) is 3.98. The smallest absolute Gasteiger partial charge is 0.407 e. The van der Waals surface area contributed by atoms with Gasteiger partial charge in [0, 0.05) is 42.5 Å². The highest BCUT2D eigenvalue weighted by atomic mass is 19.1. The van der Waals surface area contributed by atoms with E-state index < -0.39 is 18.4 Å². The SMILES string of the molecule is O=C(O)N1CC[C@H](Oc2cccc3ccc(-c4cnc5cc(-c6cccnc6)ccn45)nc23)[C@@H](F)C1. The number of carbonyl (C=O) groups is 1. The van der Waals surface area contributed by atoms with Gasteiger partial charge in [0.2, 0.25) is 0 Å². The van der Waals surface area contributed by atoms with E-state index >= 15 is 0 Å². The number of alkyl halides is 1. The summed E-state index contributed by atoms with van der Waals surface area (Å²) in [6, 6.07) is 17.3. The zero-order valence-electron chi connectivity index (χ0n) is 19.2. The fraction of sp³-hybridized carbons (Fsp3) is 0.185. The first kappa shape index (κ1) is 22.0. The van der Waals surface area contributed by atoms with Gasteiger partial charge >= 0.3 is 6.09 Å². The van der Waals surface area contributed by atoms with Gasteiger partial charge in [-0.25, -0.2) is 19.2 Å². The lowest BCUT2D eigenvalue weighted by molar-refractivity contribution is 0.0256. The van der Waals surface area contributed by atoms with Crippen molar-refractivity contribution in [1.82, 2.24) is 24.3 Å². The molecule has 1 saturated heterocycles. The van der Waals surface area contributed by atoms with Crippen molar-refractivity contribution in [3.63, 3.8) is 0 Å². The molecule has 0 radical (unpaired) electrons. The number of ether oxygens (including phenoxy) is 1. The number of rotatable bonds is 4. The number of hydrogen-bond donors (Lipinski definition) is 1. The number of amides is 1. The minimum Gasteiger partial charge on any atom is -0.485 e. The molecule has 1 aliphatic rings. The van der Waals surface area contributed by atoms with Crippen molar-refractivity contribution in [1.29, 1.82) is 0 Å². The molecule has 0 aliphatic carbocycles. The van der Waals surface area contributed by atoms with E-state index in [-0.39, 0.29) is 19.5 Å². The number of halogens is 1. The number of carboxylic acid groups (broad SMARTS) is 1. The van der Waals surface area contributed by atoms with E-state index in [1.165, 1.54) is 0 Å². The number of imidazole rings is 1. The van der Waals surface area contributed by atoms with E-state index in [1.807, 2.05) is 65.3 Å². The molecular weight excluding hydrogens is 461 g/mol.